The third-order valence-corrected chi connectivity index (χ3v) is 4.93. The van der Waals surface area contributed by atoms with E-state index in [4.69, 9.17) is 9.47 Å². The smallest absolute Gasteiger partial charge is 0.304 e. The van der Waals surface area contributed by atoms with Gasteiger partial charge in [-0.3, -0.25) is 4.79 Å². The van der Waals surface area contributed by atoms with Crippen LogP contribution in [0.15, 0.2) is 78.9 Å². The van der Waals surface area contributed by atoms with Gasteiger partial charge in [-0.1, -0.05) is 42.5 Å². The standard InChI is InChI=1S/C24H22N4O4/c1-28-24(25-26-27-28)22(15-23(29)30)18-9-13-19(14-10-18)31-16-17-7-11-21(12-8-17)32-20-5-3-2-4-6-20/h2-14,22H,15-16H2,1H3,(H,29,30)/t22-/m0/s1. The van der Waals surface area contributed by atoms with Crippen LogP contribution in [0.3, 0.4) is 0 Å². The Morgan fingerprint density at radius 2 is 1.59 bits per heavy atom. The number of aliphatic carboxylic acids is 1. The summed E-state index contributed by atoms with van der Waals surface area (Å²) in [5.74, 6) is 1.36. The molecule has 8 nitrogen and oxygen atoms in total. The molecule has 1 aromatic heterocycles. The largest absolute Gasteiger partial charge is 0.489 e. The fourth-order valence-corrected chi connectivity index (χ4v) is 3.31. The lowest BCUT2D eigenvalue weighted by molar-refractivity contribution is -0.137. The van der Waals surface area contributed by atoms with Gasteiger partial charge in [-0.25, -0.2) is 4.68 Å². The number of para-hydroxylation sites is 1. The predicted molar refractivity (Wildman–Crippen MR) is 117 cm³/mol. The van der Waals surface area contributed by atoms with E-state index in [1.54, 1.807) is 7.05 Å². The molecule has 0 fully saturated rings. The first-order chi connectivity index (χ1) is 15.6. The van der Waals surface area contributed by atoms with Gasteiger partial charge in [-0.05, 0) is 58.0 Å². The van der Waals surface area contributed by atoms with Gasteiger partial charge in [0.15, 0.2) is 5.82 Å². The third-order valence-electron chi connectivity index (χ3n) is 4.93. The molecule has 0 saturated carbocycles. The zero-order valence-electron chi connectivity index (χ0n) is 17.5. The Hall–Kier alpha value is -4.20. The lowest BCUT2D eigenvalue weighted by Crippen LogP contribution is -2.13. The van der Waals surface area contributed by atoms with Crippen LogP contribution in [0.2, 0.25) is 0 Å². The van der Waals surface area contributed by atoms with Gasteiger partial charge < -0.3 is 14.6 Å². The minimum absolute atomic E-state index is 0.105. The zero-order chi connectivity index (χ0) is 22.3. The molecule has 1 atom stereocenters. The minimum atomic E-state index is -0.919. The second-order valence-electron chi connectivity index (χ2n) is 7.23. The fourth-order valence-electron chi connectivity index (χ4n) is 3.31. The molecule has 0 unspecified atom stereocenters. The summed E-state index contributed by atoms with van der Waals surface area (Å²) < 4.78 is 13.2. The van der Waals surface area contributed by atoms with Gasteiger partial charge in [0.25, 0.3) is 0 Å². The van der Waals surface area contributed by atoms with Crippen molar-refractivity contribution in [3.8, 4) is 17.2 Å². The highest BCUT2D eigenvalue weighted by Gasteiger charge is 2.23. The third kappa shape index (κ3) is 5.28. The highest BCUT2D eigenvalue weighted by molar-refractivity contribution is 5.68. The van der Waals surface area contributed by atoms with Gasteiger partial charge in [0.05, 0.1) is 12.3 Å². The molecule has 0 aliphatic heterocycles. The van der Waals surface area contributed by atoms with Crippen LogP contribution in [-0.4, -0.2) is 31.3 Å². The Morgan fingerprint density at radius 3 is 2.22 bits per heavy atom. The van der Waals surface area contributed by atoms with Gasteiger partial charge in [0.2, 0.25) is 0 Å². The van der Waals surface area contributed by atoms with Crippen LogP contribution in [0.25, 0.3) is 0 Å². The molecule has 0 bridgehead atoms. The molecule has 0 saturated heterocycles. The summed E-state index contributed by atoms with van der Waals surface area (Å²) in [5.41, 5.74) is 1.81. The van der Waals surface area contributed by atoms with E-state index < -0.39 is 11.9 Å². The van der Waals surface area contributed by atoms with E-state index in [9.17, 15) is 9.90 Å². The van der Waals surface area contributed by atoms with Crippen LogP contribution >= 0.6 is 0 Å². The van der Waals surface area contributed by atoms with E-state index in [0.717, 1.165) is 22.6 Å². The first-order valence-corrected chi connectivity index (χ1v) is 10.1. The first-order valence-electron chi connectivity index (χ1n) is 10.1. The van der Waals surface area contributed by atoms with E-state index in [-0.39, 0.29) is 6.42 Å². The minimum Gasteiger partial charge on any atom is -0.489 e. The van der Waals surface area contributed by atoms with Crippen LogP contribution < -0.4 is 9.47 Å². The number of carbonyl (C=O) groups is 1. The molecule has 32 heavy (non-hydrogen) atoms. The van der Waals surface area contributed by atoms with Gasteiger partial charge in [0, 0.05) is 7.05 Å². The van der Waals surface area contributed by atoms with Crippen LogP contribution in [0, 0.1) is 0 Å². The van der Waals surface area contributed by atoms with Crippen LogP contribution in [0.5, 0.6) is 17.2 Å². The van der Waals surface area contributed by atoms with Crippen LogP contribution in [0.1, 0.15) is 29.3 Å². The number of nitrogens with zero attached hydrogens (tertiary/aromatic N) is 4. The van der Waals surface area contributed by atoms with Crippen molar-refractivity contribution in [2.24, 2.45) is 7.05 Å². The van der Waals surface area contributed by atoms with Crippen molar-refractivity contribution < 1.29 is 19.4 Å². The maximum atomic E-state index is 11.3. The molecule has 0 aliphatic carbocycles. The normalized spacial score (nSPS) is 11.7. The SMILES string of the molecule is Cn1nnnc1[C@@H](CC(=O)O)c1ccc(OCc2ccc(Oc3ccccc3)cc2)cc1. The summed E-state index contributed by atoms with van der Waals surface area (Å²) in [7, 11) is 1.69. The van der Waals surface area contributed by atoms with E-state index in [0.29, 0.717) is 18.2 Å². The second kappa shape index (κ2) is 9.74. The molecule has 0 spiro atoms. The first kappa shape index (κ1) is 21.0. The van der Waals surface area contributed by atoms with E-state index in [1.807, 2.05) is 78.9 Å². The van der Waals surface area contributed by atoms with Gasteiger partial charge in [-0.2, -0.15) is 0 Å². The Bertz CT molecular complexity index is 1160. The zero-order valence-corrected chi connectivity index (χ0v) is 17.5. The van der Waals surface area contributed by atoms with Crippen LogP contribution in [-0.2, 0) is 18.4 Å². The van der Waals surface area contributed by atoms with Crippen LogP contribution in [0.4, 0.5) is 0 Å². The molecular formula is C24H22N4O4. The predicted octanol–water partition coefficient (Wildman–Crippen LogP) is 4.19. The molecule has 1 N–H and O–H groups in total. The molecule has 1 heterocycles. The Kier molecular flexibility index (Phi) is 6.41. The molecular weight excluding hydrogens is 408 g/mol. The summed E-state index contributed by atoms with van der Waals surface area (Å²) in [6.45, 7) is 0.400. The van der Waals surface area contributed by atoms with Crippen molar-refractivity contribution in [3.05, 3.63) is 95.8 Å². The molecule has 4 rings (SSSR count). The monoisotopic (exact) mass is 430 g/mol. The molecule has 0 aliphatic rings. The Balaban J connectivity index is 1.38. The number of benzene rings is 3. The van der Waals surface area contributed by atoms with Crippen molar-refractivity contribution in [2.75, 3.05) is 0 Å². The van der Waals surface area contributed by atoms with E-state index in [2.05, 4.69) is 15.5 Å². The van der Waals surface area contributed by atoms with Gasteiger partial charge in [-0.15, -0.1) is 5.10 Å². The summed E-state index contributed by atoms with van der Waals surface area (Å²) in [4.78, 5) is 11.3. The number of aryl methyl sites for hydroxylation is 1. The maximum absolute atomic E-state index is 11.3. The molecule has 3 aromatic carbocycles. The molecule has 162 valence electrons. The highest BCUT2D eigenvalue weighted by atomic mass is 16.5. The number of carboxylic acid groups (broad SMARTS) is 1. The van der Waals surface area contributed by atoms with Gasteiger partial charge >= 0.3 is 5.97 Å². The topological polar surface area (TPSA) is 99.4 Å². The highest BCUT2D eigenvalue weighted by Crippen LogP contribution is 2.28. The second-order valence-corrected chi connectivity index (χ2v) is 7.23. The van der Waals surface area contributed by atoms with Gasteiger partial charge in [0.1, 0.15) is 23.9 Å². The number of hydrogen-bond donors (Lipinski definition) is 1. The van der Waals surface area contributed by atoms with Crippen molar-refractivity contribution in [1.82, 2.24) is 20.2 Å². The van der Waals surface area contributed by atoms with Crippen molar-refractivity contribution in [3.63, 3.8) is 0 Å². The average molecular weight is 430 g/mol. The number of aromatic nitrogens is 4. The number of ether oxygens (including phenoxy) is 2. The maximum Gasteiger partial charge on any atom is 0.304 e. The Morgan fingerprint density at radius 1 is 0.938 bits per heavy atom. The van der Waals surface area contributed by atoms with E-state index >= 15 is 0 Å². The quantitative estimate of drug-likeness (QED) is 0.425. The van der Waals surface area contributed by atoms with E-state index in [1.165, 1.54) is 4.68 Å². The molecule has 0 amide bonds. The lowest BCUT2D eigenvalue weighted by atomic mass is 9.95. The molecule has 8 heteroatoms. The number of rotatable bonds is 9. The fraction of sp³-hybridized carbons (Fsp3) is 0.167. The summed E-state index contributed by atoms with van der Waals surface area (Å²) in [6.07, 6.45) is -0.105. The molecule has 0 radical (unpaired) electrons. The summed E-state index contributed by atoms with van der Waals surface area (Å²) in [6, 6.07) is 24.6. The van der Waals surface area contributed by atoms with Crippen molar-refractivity contribution >= 4 is 5.97 Å². The van der Waals surface area contributed by atoms with Crippen molar-refractivity contribution in [1.29, 1.82) is 0 Å². The number of hydrogen-bond acceptors (Lipinski definition) is 6. The van der Waals surface area contributed by atoms with Crippen molar-refractivity contribution in [2.45, 2.75) is 18.9 Å². The average Bonchev–Trinajstić information content (AvgIpc) is 3.23. The summed E-state index contributed by atoms with van der Waals surface area (Å²) >= 11 is 0. The number of tetrazole rings is 1. The summed E-state index contributed by atoms with van der Waals surface area (Å²) in [5, 5.41) is 20.7. The Labute approximate surface area is 185 Å². The number of carboxylic acids is 1. The molecule has 4 aromatic rings. The lowest BCUT2D eigenvalue weighted by Gasteiger charge is -2.14.